The highest BCUT2D eigenvalue weighted by molar-refractivity contribution is 5.51. The number of hydrogen-bond acceptors (Lipinski definition) is 6. The molecule has 0 aliphatic carbocycles. The van der Waals surface area contributed by atoms with Crippen LogP contribution in [0.2, 0.25) is 0 Å². The van der Waals surface area contributed by atoms with Crippen molar-refractivity contribution in [1.82, 2.24) is 39.1 Å². The SMILES string of the molecule is Fc1ccc(C(c2ccccc2)(c2ccccc2F)n2ccnc2)cc1.OC(Cn1cncn1)(Cn1cncn1)c1ccc(F)cc1F. The van der Waals surface area contributed by atoms with Crippen molar-refractivity contribution in [3.8, 4) is 0 Å². The molecule has 0 radical (unpaired) electrons. The van der Waals surface area contributed by atoms with Gasteiger partial charge >= 0.3 is 0 Å². The number of aromatic nitrogens is 8. The van der Waals surface area contributed by atoms with Gasteiger partial charge < -0.3 is 9.67 Å². The molecule has 3 heterocycles. The Hall–Kier alpha value is -5.95. The smallest absolute Gasteiger partial charge is 0.137 e. The van der Waals surface area contributed by atoms with E-state index >= 15 is 4.39 Å². The van der Waals surface area contributed by atoms with E-state index in [0.717, 1.165) is 23.3 Å². The summed E-state index contributed by atoms with van der Waals surface area (Å²) >= 11 is 0. The van der Waals surface area contributed by atoms with Gasteiger partial charge in [-0.1, -0.05) is 66.7 Å². The molecule has 0 fully saturated rings. The lowest BCUT2D eigenvalue weighted by Crippen LogP contribution is -2.37. The van der Waals surface area contributed by atoms with E-state index in [9.17, 15) is 18.3 Å². The zero-order valence-electron chi connectivity index (χ0n) is 25.2. The van der Waals surface area contributed by atoms with Gasteiger partial charge in [0.25, 0.3) is 0 Å². The van der Waals surface area contributed by atoms with E-state index in [1.807, 2.05) is 34.9 Å². The number of rotatable bonds is 9. The third-order valence-corrected chi connectivity index (χ3v) is 7.82. The fraction of sp³-hybridized carbons (Fsp3) is 0.114. The zero-order valence-corrected chi connectivity index (χ0v) is 25.2. The van der Waals surface area contributed by atoms with Crippen LogP contribution in [0.15, 0.2) is 141 Å². The molecular formula is C35H28F4N8O. The second kappa shape index (κ2) is 13.8. The van der Waals surface area contributed by atoms with E-state index < -0.39 is 22.8 Å². The standard InChI is InChI=1S/C22H16F2N2.C13H12F2N6O/c23-19-12-10-18(11-13-19)22(26-15-14-25-16-26,17-6-2-1-3-7-17)20-8-4-5-9-21(20)24;14-10-1-2-11(12(15)3-10)13(22,4-20-8-16-6-18-20)5-21-9-17-7-19-21/h1-16H;1-3,6-9,22H,4-5H2. The molecular weight excluding hydrogens is 624 g/mol. The Morgan fingerprint density at radius 1 is 0.583 bits per heavy atom. The van der Waals surface area contributed by atoms with Gasteiger partial charge in [0, 0.05) is 29.6 Å². The van der Waals surface area contributed by atoms with Crippen LogP contribution >= 0.6 is 0 Å². The predicted molar refractivity (Wildman–Crippen MR) is 167 cm³/mol. The quantitative estimate of drug-likeness (QED) is 0.158. The minimum absolute atomic E-state index is 0.0556. The highest BCUT2D eigenvalue weighted by Gasteiger charge is 2.40. The van der Waals surface area contributed by atoms with Crippen molar-refractivity contribution in [3.63, 3.8) is 0 Å². The largest absolute Gasteiger partial charge is 0.381 e. The van der Waals surface area contributed by atoms with Crippen LogP contribution in [0.3, 0.4) is 0 Å². The molecule has 0 amide bonds. The van der Waals surface area contributed by atoms with Gasteiger partial charge in [-0.25, -0.2) is 41.9 Å². The van der Waals surface area contributed by atoms with Crippen molar-refractivity contribution in [1.29, 1.82) is 0 Å². The van der Waals surface area contributed by atoms with Gasteiger partial charge in [0.15, 0.2) is 0 Å². The first kappa shape index (κ1) is 32.0. The molecule has 9 nitrogen and oxygen atoms in total. The Bertz CT molecular complexity index is 2000. The summed E-state index contributed by atoms with van der Waals surface area (Å²) in [4.78, 5) is 11.7. The van der Waals surface area contributed by atoms with Crippen LogP contribution in [0.25, 0.3) is 0 Å². The summed E-state index contributed by atoms with van der Waals surface area (Å²) in [6.45, 7) is -0.148. The molecule has 13 heteroatoms. The van der Waals surface area contributed by atoms with Crippen LogP contribution in [0.5, 0.6) is 0 Å². The molecule has 4 aromatic carbocycles. The molecule has 0 aliphatic heterocycles. The lowest BCUT2D eigenvalue weighted by Gasteiger charge is -2.37. The summed E-state index contributed by atoms with van der Waals surface area (Å²) in [5.74, 6) is -2.24. The average Bonchev–Trinajstić information content (AvgIpc) is 3.90. The normalized spacial score (nSPS) is 12.6. The van der Waals surface area contributed by atoms with Crippen molar-refractivity contribution < 1.29 is 22.7 Å². The van der Waals surface area contributed by atoms with Gasteiger partial charge in [-0.3, -0.25) is 0 Å². The molecule has 1 N–H and O–H groups in total. The lowest BCUT2D eigenvalue weighted by atomic mass is 9.76. The average molecular weight is 653 g/mol. The maximum absolute atomic E-state index is 15.0. The summed E-state index contributed by atoms with van der Waals surface area (Å²) < 4.78 is 60.4. The summed E-state index contributed by atoms with van der Waals surface area (Å²) in [5, 5.41) is 18.8. The summed E-state index contributed by atoms with van der Waals surface area (Å²) in [6, 6.07) is 25.5. The number of imidazole rings is 1. The van der Waals surface area contributed by atoms with Gasteiger partial charge in [-0.15, -0.1) is 0 Å². The van der Waals surface area contributed by atoms with Crippen LogP contribution < -0.4 is 0 Å². The van der Waals surface area contributed by atoms with Crippen LogP contribution in [-0.4, -0.2) is 44.2 Å². The molecule has 0 spiro atoms. The van der Waals surface area contributed by atoms with E-state index in [0.29, 0.717) is 5.56 Å². The predicted octanol–water partition coefficient (Wildman–Crippen LogP) is 5.74. The van der Waals surface area contributed by atoms with Crippen molar-refractivity contribution in [2.45, 2.75) is 24.2 Å². The summed E-state index contributed by atoms with van der Waals surface area (Å²) in [5.41, 5.74) is -0.686. The maximum Gasteiger partial charge on any atom is 0.137 e. The minimum Gasteiger partial charge on any atom is -0.381 e. The van der Waals surface area contributed by atoms with Gasteiger partial charge in [-0.2, -0.15) is 10.2 Å². The van der Waals surface area contributed by atoms with Crippen LogP contribution in [0.4, 0.5) is 17.6 Å². The lowest BCUT2D eigenvalue weighted by molar-refractivity contribution is -0.00856. The van der Waals surface area contributed by atoms with Crippen molar-refractivity contribution in [3.05, 3.63) is 187 Å². The molecule has 1 atom stereocenters. The molecule has 7 aromatic rings. The molecule has 7 rings (SSSR count). The van der Waals surface area contributed by atoms with E-state index in [2.05, 4.69) is 25.1 Å². The van der Waals surface area contributed by atoms with Crippen molar-refractivity contribution >= 4 is 0 Å². The van der Waals surface area contributed by atoms with E-state index in [1.165, 1.54) is 58.9 Å². The van der Waals surface area contributed by atoms with Crippen LogP contribution in [0, 0.1) is 23.3 Å². The maximum atomic E-state index is 15.0. The van der Waals surface area contributed by atoms with Crippen molar-refractivity contribution in [2.24, 2.45) is 0 Å². The van der Waals surface area contributed by atoms with E-state index in [1.54, 1.807) is 49.1 Å². The molecule has 0 aliphatic rings. The Labute approximate surface area is 272 Å². The topological polar surface area (TPSA) is 99.5 Å². The third-order valence-electron chi connectivity index (χ3n) is 7.82. The number of halogens is 4. The first-order valence-electron chi connectivity index (χ1n) is 14.7. The third kappa shape index (κ3) is 6.48. The molecule has 48 heavy (non-hydrogen) atoms. The van der Waals surface area contributed by atoms with Crippen LogP contribution in [0.1, 0.15) is 22.3 Å². The molecule has 0 saturated carbocycles. The number of benzene rings is 4. The number of aliphatic hydroxyl groups is 1. The molecule has 242 valence electrons. The Balaban J connectivity index is 0.000000170. The highest BCUT2D eigenvalue weighted by Crippen LogP contribution is 2.41. The fourth-order valence-electron chi connectivity index (χ4n) is 5.75. The Morgan fingerprint density at radius 2 is 1.19 bits per heavy atom. The van der Waals surface area contributed by atoms with Crippen molar-refractivity contribution in [2.75, 3.05) is 0 Å². The van der Waals surface area contributed by atoms with Gasteiger partial charge in [0.1, 0.15) is 59.7 Å². The molecule has 1 unspecified atom stereocenters. The molecule has 3 aromatic heterocycles. The Morgan fingerprint density at radius 3 is 1.75 bits per heavy atom. The van der Waals surface area contributed by atoms with E-state index in [4.69, 9.17) is 0 Å². The number of hydrogen-bond donors (Lipinski definition) is 1. The highest BCUT2D eigenvalue weighted by atomic mass is 19.1. The van der Waals surface area contributed by atoms with Gasteiger partial charge in [0.2, 0.25) is 0 Å². The second-order valence-corrected chi connectivity index (χ2v) is 10.9. The van der Waals surface area contributed by atoms with Crippen LogP contribution in [-0.2, 0) is 24.2 Å². The van der Waals surface area contributed by atoms with Gasteiger partial charge in [0.05, 0.1) is 19.4 Å². The second-order valence-electron chi connectivity index (χ2n) is 10.9. The monoisotopic (exact) mass is 652 g/mol. The fourth-order valence-corrected chi connectivity index (χ4v) is 5.75. The molecule has 0 bridgehead atoms. The number of nitrogens with zero attached hydrogens (tertiary/aromatic N) is 8. The van der Waals surface area contributed by atoms with Gasteiger partial charge in [-0.05, 0) is 35.4 Å². The first-order valence-corrected chi connectivity index (χ1v) is 14.7. The minimum atomic E-state index is -1.70. The molecule has 0 saturated heterocycles. The Kier molecular flexibility index (Phi) is 9.21. The first-order chi connectivity index (χ1) is 23.3. The van der Waals surface area contributed by atoms with E-state index in [-0.39, 0.29) is 30.3 Å². The zero-order chi connectivity index (χ0) is 33.6. The summed E-state index contributed by atoms with van der Waals surface area (Å²) in [6.07, 6.45) is 10.5. The summed E-state index contributed by atoms with van der Waals surface area (Å²) in [7, 11) is 0.